The van der Waals surface area contributed by atoms with E-state index in [0.29, 0.717) is 10.4 Å². The fraction of sp³-hybridized carbons (Fsp3) is 0.100. The van der Waals surface area contributed by atoms with Crippen LogP contribution in [0.3, 0.4) is 0 Å². The van der Waals surface area contributed by atoms with Gasteiger partial charge >= 0.3 is 0 Å². The molecule has 0 fully saturated rings. The van der Waals surface area contributed by atoms with Crippen LogP contribution in [0.25, 0.3) is 5.78 Å². The lowest BCUT2D eigenvalue weighted by Gasteiger charge is -2.09. The summed E-state index contributed by atoms with van der Waals surface area (Å²) in [5.74, 6) is -2.14. The zero-order valence-electron chi connectivity index (χ0n) is 16.7. The number of nitrogens with one attached hydrogen (secondary N) is 2. The number of amides is 3. The first-order chi connectivity index (χ1) is 15.8. The van der Waals surface area contributed by atoms with Crippen LogP contribution >= 0.6 is 22.9 Å². The molecule has 13 heteroatoms. The number of benzene rings is 1. The van der Waals surface area contributed by atoms with Crippen LogP contribution in [0.5, 0.6) is 0 Å². The molecule has 3 amide bonds. The third-order valence-corrected chi connectivity index (χ3v) is 5.87. The number of carbonyl (C=O) groups excluding carboxylic acids is 3. The van der Waals surface area contributed by atoms with E-state index in [9.17, 15) is 18.8 Å². The number of rotatable bonds is 7. The first-order valence-corrected chi connectivity index (χ1v) is 10.6. The first kappa shape index (κ1) is 22.3. The second-order valence-electron chi connectivity index (χ2n) is 6.74. The van der Waals surface area contributed by atoms with E-state index >= 15 is 0 Å². The van der Waals surface area contributed by atoms with E-state index in [0.717, 1.165) is 16.2 Å². The molecule has 4 N–H and O–H groups in total. The lowest BCUT2D eigenvalue weighted by molar-refractivity contribution is 0.0941. The van der Waals surface area contributed by atoms with Crippen LogP contribution in [0.1, 0.15) is 41.1 Å². The van der Waals surface area contributed by atoms with Crippen molar-refractivity contribution in [3.05, 3.63) is 80.3 Å². The van der Waals surface area contributed by atoms with Crippen molar-refractivity contribution in [3.8, 4) is 0 Å². The van der Waals surface area contributed by atoms with Crippen LogP contribution in [0.2, 0.25) is 5.02 Å². The molecular weight excluding hydrogens is 473 g/mol. The highest BCUT2D eigenvalue weighted by Gasteiger charge is 2.18. The van der Waals surface area contributed by atoms with Crippen molar-refractivity contribution in [1.29, 1.82) is 0 Å². The molecule has 0 radical (unpaired) electrons. The SMILES string of the molecule is NC(=O)c1ccc(CNC(=O)c2cc(C(=O)NCc3ccc(F)c(Cl)c3)nc3ncnn23)s1. The van der Waals surface area contributed by atoms with Gasteiger partial charge in [-0.25, -0.2) is 9.37 Å². The van der Waals surface area contributed by atoms with E-state index in [2.05, 4.69) is 25.7 Å². The maximum absolute atomic E-state index is 13.3. The summed E-state index contributed by atoms with van der Waals surface area (Å²) in [5, 5.41) is 9.27. The molecule has 0 aliphatic heterocycles. The summed E-state index contributed by atoms with van der Waals surface area (Å²) < 4.78 is 14.5. The van der Waals surface area contributed by atoms with Crippen molar-refractivity contribution >= 4 is 46.4 Å². The van der Waals surface area contributed by atoms with Gasteiger partial charge < -0.3 is 16.4 Å². The molecular formula is C20H15ClFN7O3S. The molecule has 0 aliphatic rings. The minimum atomic E-state index is -0.570. The number of thiophene rings is 1. The van der Waals surface area contributed by atoms with Crippen molar-refractivity contribution in [2.24, 2.45) is 5.73 Å². The van der Waals surface area contributed by atoms with Gasteiger partial charge in [0.1, 0.15) is 23.5 Å². The van der Waals surface area contributed by atoms with Crippen LogP contribution in [-0.2, 0) is 13.1 Å². The van der Waals surface area contributed by atoms with Crippen LogP contribution in [0.15, 0.2) is 42.7 Å². The minimum absolute atomic E-state index is 0.0409. The van der Waals surface area contributed by atoms with Gasteiger partial charge in [0.25, 0.3) is 23.5 Å². The number of halogens is 2. The number of carbonyl (C=O) groups is 3. The molecule has 0 atom stereocenters. The molecule has 4 rings (SSSR count). The molecule has 10 nitrogen and oxygen atoms in total. The highest BCUT2D eigenvalue weighted by atomic mass is 35.5. The molecule has 0 saturated heterocycles. The Hall–Kier alpha value is -3.90. The Morgan fingerprint density at radius 3 is 2.61 bits per heavy atom. The Kier molecular flexibility index (Phi) is 6.29. The summed E-state index contributed by atoms with van der Waals surface area (Å²) in [6.07, 6.45) is 1.21. The van der Waals surface area contributed by atoms with Gasteiger partial charge in [0.05, 0.1) is 16.4 Å². The number of aromatic nitrogens is 4. The van der Waals surface area contributed by atoms with Gasteiger partial charge in [0.15, 0.2) is 0 Å². The van der Waals surface area contributed by atoms with E-state index in [4.69, 9.17) is 17.3 Å². The number of nitrogens with zero attached hydrogens (tertiary/aromatic N) is 4. The molecule has 0 saturated carbocycles. The Bertz CT molecular complexity index is 1390. The highest BCUT2D eigenvalue weighted by Crippen LogP contribution is 2.17. The van der Waals surface area contributed by atoms with Crippen molar-refractivity contribution in [2.45, 2.75) is 13.1 Å². The molecule has 0 aliphatic carbocycles. The number of hydrogen-bond acceptors (Lipinski definition) is 7. The molecule has 4 aromatic rings. The highest BCUT2D eigenvalue weighted by molar-refractivity contribution is 7.14. The van der Waals surface area contributed by atoms with Gasteiger partial charge in [-0.05, 0) is 29.8 Å². The molecule has 0 unspecified atom stereocenters. The molecule has 0 spiro atoms. The Morgan fingerprint density at radius 2 is 1.88 bits per heavy atom. The Balaban J connectivity index is 1.50. The standard InChI is InChI=1S/C20H15ClFN7O3S/c21-12-5-10(1-3-13(12)22)7-24-18(31)14-6-15(29-20(28-14)26-9-27-29)19(32)25-8-11-2-4-16(33-11)17(23)30/h1-6,9H,7-8H2,(H2,23,30)(H,24,31)(H,25,32). The average molecular weight is 488 g/mol. The van der Waals surface area contributed by atoms with E-state index in [-0.39, 0.29) is 35.3 Å². The summed E-state index contributed by atoms with van der Waals surface area (Å²) in [5.41, 5.74) is 5.81. The smallest absolute Gasteiger partial charge is 0.270 e. The average Bonchev–Trinajstić information content (AvgIpc) is 3.47. The van der Waals surface area contributed by atoms with E-state index < -0.39 is 23.5 Å². The first-order valence-electron chi connectivity index (χ1n) is 9.41. The summed E-state index contributed by atoms with van der Waals surface area (Å²) in [4.78, 5) is 45.8. The van der Waals surface area contributed by atoms with Crippen molar-refractivity contribution in [2.75, 3.05) is 0 Å². The van der Waals surface area contributed by atoms with E-state index in [1.165, 1.54) is 35.1 Å². The summed E-state index contributed by atoms with van der Waals surface area (Å²) in [6, 6.07) is 8.64. The maximum atomic E-state index is 13.3. The minimum Gasteiger partial charge on any atom is -0.365 e. The third kappa shape index (κ3) is 4.96. The van der Waals surface area contributed by atoms with Gasteiger partial charge in [-0.1, -0.05) is 17.7 Å². The predicted octanol–water partition coefficient (Wildman–Crippen LogP) is 1.94. The van der Waals surface area contributed by atoms with Crippen molar-refractivity contribution in [1.82, 2.24) is 30.2 Å². The topological polar surface area (TPSA) is 144 Å². The molecule has 3 heterocycles. The predicted molar refractivity (Wildman–Crippen MR) is 117 cm³/mol. The quantitative estimate of drug-likeness (QED) is 0.363. The normalized spacial score (nSPS) is 10.8. The number of primary amides is 1. The van der Waals surface area contributed by atoms with Crippen LogP contribution in [0, 0.1) is 5.82 Å². The Morgan fingerprint density at radius 1 is 1.09 bits per heavy atom. The fourth-order valence-electron chi connectivity index (χ4n) is 2.88. The van der Waals surface area contributed by atoms with Gasteiger partial charge in [-0.3, -0.25) is 14.4 Å². The number of nitrogens with two attached hydrogens (primary N) is 1. The lowest BCUT2D eigenvalue weighted by Crippen LogP contribution is -2.28. The summed E-state index contributed by atoms with van der Waals surface area (Å²) in [7, 11) is 0. The van der Waals surface area contributed by atoms with Crippen LogP contribution in [-0.4, -0.2) is 37.3 Å². The summed E-state index contributed by atoms with van der Waals surface area (Å²) in [6.45, 7) is 0.211. The molecule has 0 bridgehead atoms. The van der Waals surface area contributed by atoms with E-state index in [1.54, 1.807) is 12.1 Å². The zero-order valence-corrected chi connectivity index (χ0v) is 18.3. The lowest BCUT2D eigenvalue weighted by atomic mass is 10.2. The van der Waals surface area contributed by atoms with Gasteiger partial charge in [-0.15, -0.1) is 11.3 Å². The monoisotopic (exact) mass is 487 g/mol. The fourth-order valence-corrected chi connectivity index (χ4v) is 3.88. The van der Waals surface area contributed by atoms with Gasteiger partial charge in [0, 0.05) is 17.5 Å². The van der Waals surface area contributed by atoms with Crippen LogP contribution in [0.4, 0.5) is 4.39 Å². The number of fused-ring (bicyclic) bond motifs is 1. The van der Waals surface area contributed by atoms with Crippen molar-refractivity contribution < 1.29 is 18.8 Å². The van der Waals surface area contributed by atoms with Gasteiger partial charge in [0.2, 0.25) is 0 Å². The number of hydrogen-bond donors (Lipinski definition) is 3. The second-order valence-corrected chi connectivity index (χ2v) is 8.32. The van der Waals surface area contributed by atoms with Crippen molar-refractivity contribution in [3.63, 3.8) is 0 Å². The summed E-state index contributed by atoms with van der Waals surface area (Å²) >= 11 is 6.93. The molecule has 1 aromatic carbocycles. The van der Waals surface area contributed by atoms with E-state index in [1.807, 2.05) is 0 Å². The molecule has 3 aromatic heterocycles. The zero-order chi connectivity index (χ0) is 23.5. The largest absolute Gasteiger partial charge is 0.365 e. The third-order valence-electron chi connectivity index (χ3n) is 4.48. The van der Waals surface area contributed by atoms with Crippen LogP contribution < -0.4 is 16.4 Å². The van der Waals surface area contributed by atoms with Gasteiger partial charge in [-0.2, -0.15) is 14.6 Å². The maximum Gasteiger partial charge on any atom is 0.270 e. The molecule has 168 valence electrons. The second kappa shape index (κ2) is 9.30. The Labute approximate surface area is 194 Å². The molecule has 33 heavy (non-hydrogen) atoms.